The molecule has 0 spiro atoms. The highest BCUT2D eigenvalue weighted by Crippen LogP contribution is 2.35. The van der Waals surface area contributed by atoms with Crippen LogP contribution in [0.5, 0.6) is 0 Å². The molecule has 4 heterocycles. The standard InChI is InChI=1S/C64H110N2O25/c1-9-10-32-48(46(73)31-25-20-17-19-24-30-45(72)29-23-18-15-13-11-12-14-16-21-26-33-52(75)65-34-27-22-28-35-66(7)8)88-63-59(91-62-55(78)57(85-42(4)69)50(38-81-62)83-40(2)67)56(47(74)36-79-63)90-61-54(77)53(76)49(37-80-61)89-64-60(87-44(6)71)58(86-43(5)70)51(39-82-64)84-41(3)68/h46-51,53-64,73-74,76-78H,9-39H2,1-8H3,(H,65,75). The normalized spacial score (nSPS) is 29.2. The number of amides is 1. The van der Waals surface area contributed by atoms with Gasteiger partial charge in [-0.05, 0) is 65.6 Å². The SMILES string of the molecule is CCCCC(OC1OCC(O)C(OC2OCC(OC3OCC(OC(C)=O)C(OC(C)=O)C3OC(C)=O)C(O)C2O)C1OC1OCC(OC(C)=O)C(OC(C)=O)C1O)C(O)CCCCCCCC(=O)CCCCCCCCCCCCC(=O)NCCCCCN(C)C. The summed E-state index contributed by atoms with van der Waals surface area (Å²) in [7, 11) is 4.15. The van der Waals surface area contributed by atoms with Crippen molar-refractivity contribution in [2.24, 2.45) is 0 Å². The van der Waals surface area contributed by atoms with E-state index in [4.69, 9.17) is 61.6 Å². The number of ketones is 1. The summed E-state index contributed by atoms with van der Waals surface area (Å²) in [6, 6.07) is 0. The van der Waals surface area contributed by atoms with Crippen LogP contribution >= 0.6 is 0 Å². The number of aliphatic hydroxyl groups excluding tert-OH is 5. The van der Waals surface area contributed by atoms with Crippen LogP contribution < -0.4 is 5.32 Å². The molecule has 4 aliphatic heterocycles. The van der Waals surface area contributed by atoms with Crippen molar-refractivity contribution >= 4 is 41.5 Å². The number of unbranched alkanes of at least 4 members (excludes halogenated alkanes) is 16. The molecule has 18 unspecified atom stereocenters. The van der Waals surface area contributed by atoms with Crippen LogP contribution in [0.15, 0.2) is 0 Å². The van der Waals surface area contributed by atoms with E-state index in [2.05, 4.69) is 24.3 Å². The molecule has 526 valence electrons. The fourth-order valence-electron chi connectivity index (χ4n) is 11.5. The van der Waals surface area contributed by atoms with Crippen molar-refractivity contribution in [2.75, 3.05) is 53.6 Å². The average Bonchev–Trinajstić information content (AvgIpc) is 0.875. The Morgan fingerprint density at radius 1 is 0.451 bits per heavy atom. The minimum atomic E-state index is -1.95. The molecule has 0 aromatic heterocycles. The maximum atomic E-state index is 12.7. The maximum Gasteiger partial charge on any atom is 0.303 e. The van der Waals surface area contributed by atoms with Gasteiger partial charge in [-0.15, -0.1) is 0 Å². The molecule has 4 aliphatic rings. The van der Waals surface area contributed by atoms with Gasteiger partial charge in [0.25, 0.3) is 0 Å². The number of hydrogen-bond acceptors (Lipinski definition) is 26. The third-order valence-electron chi connectivity index (χ3n) is 16.3. The first kappa shape index (κ1) is 79.4. The van der Waals surface area contributed by atoms with E-state index in [0.717, 1.165) is 138 Å². The summed E-state index contributed by atoms with van der Waals surface area (Å²) in [4.78, 5) is 87.6. The predicted octanol–water partition coefficient (Wildman–Crippen LogP) is 4.43. The van der Waals surface area contributed by atoms with Crippen LogP contribution in [-0.4, -0.2) is 236 Å². The lowest BCUT2D eigenvalue weighted by Crippen LogP contribution is -2.65. The Hall–Kier alpha value is -4.07. The van der Waals surface area contributed by atoms with Crippen molar-refractivity contribution in [2.45, 2.75) is 313 Å². The number of carbonyl (C=O) groups is 7. The molecule has 18 atom stereocenters. The van der Waals surface area contributed by atoms with Gasteiger partial charge in [0.15, 0.2) is 55.7 Å². The number of carbonyl (C=O) groups excluding carboxylic acids is 7. The van der Waals surface area contributed by atoms with Gasteiger partial charge in [0, 0.05) is 60.4 Å². The quantitative estimate of drug-likeness (QED) is 0.0279. The fourth-order valence-corrected chi connectivity index (χ4v) is 11.5. The summed E-state index contributed by atoms with van der Waals surface area (Å²) in [6.45, 7) is 7.48. The van der Waals surface area contributed by atoms with Crippen LogP contribution in [0, 0.1) is 0 Å². The molecule has 27 nitrogen and oxygen atoms in total. The van der Waals surface area contributed by atoms with Crippen molar-refractivity contribution < 1.29 is 121 Å². The Morgan fingerprint density at radius 3 is 1.47 bits per heavy atom. The number of ether oxygens (including phenoxy) is 13. The largest absolute Gasteiger partial charge is 0.456 e. The van der Waals surface area contributed by atoms with Crippen LogP contribution in [0.2, 0.25) is 0 Å². The topological polar surface area (TPSA) is 356 Å². The first-order valence-electron chi connectivity index (χ1n) is 33.3. The van der Waals surface area contributed by atoms with E-state index in [1.54, 1.807) is 0 Å². The number of nitrogens with zero attached hydrogens (tertiary/aromatic N) is 1. The van der Waals surface area contributed by atoms with Gasteiger partial charge in [-0.2, -0.15) is 0 Å². The van der Waals surface area contributed by atoms with Crippen LogP contribution in [0.3, 0.4) is 0 Å². The highest BCUT2D eigenvalue weighted by Gasteiger charge is 2.54. The first-order valence-corrected chi connectivity index (χ1v) is 33.3. The van der Waals surface area contributed by atoms with E-state index < -0.39 is 167 Å². The van der Waals surface area contributed by atoms with Gasteiger partial charge < -0.3 is 97.3 Å². The third-order valence-corrected chi connectivity index (χ3v) is 16.3. The van der Waals surface area contributed by atoms with Crippen LogP contribution in [0.25, 0.3) is 0 Å². The molecule has 0 bridgehead atoms. The third kappa shape index (κ3) is 30.0. The van der Waals surface area contributed by atoms with Crippen molar-refractivity contribution in [1.82, 2.24) is 10.2 Å². The molecule has 4 saturated heterocycles. The van der Waals surface area contributed by atoms with Crippen LogP contribution in [-0.2, 0) is 95.1 Å². The van der Waals surface area contributed by atoms with E-state index in [9.17, 15) is 59.1 Å². The van der Waals surface area contributed by atoms with E-state index in [1.165, 1.54) is 25.7 Å². The Labute approximate surface area is 537 Å². The molecule has 4 fully saturated rings. The number of rotatable bonds is 44. The number of esters is 5. The Balaban J connectivity index is 1.29. The zero-order chi connectivity index (χ0) is 66.8. The summed E-state index contributed by atoms with van der Waals surface area (Å²) in [5.74, 6) is -3.54. The van der Waals surface area contributed by atoms with Gasteiger partial charge in [-0.3, -0.25) is 33.6 Å². The van der Waals surface area contributed by atoms with Crippen molar-refractivity contribution in [3.63, 3.8) is 0 Å². The maximum absolute atomic E-state index is 12.7. The van der Waals surface area contributed by atoms with E-state index in [-0.39, 0.29) is 11.7 Å². The molecule has 27 heteroatoms. The second-order valence-electron chi connectivity index (χ2n) is 24.7. The molecule has 0 saturated carbocycles. The van der Waals surface area contributed by atoms with Gasteiger partial charge in [0.05, 0.1) is 38.6 Å². The Kier molecular flexibility index (Phi) is 38.2. The van der Waals surface area contributed by atoms with E-state index in [0.29, 0.717) is 44.9 Å². The second-order valence-corrected chi connectivity index (χ2v) is 24.7. The average molecular weight is 1310 g/mol. The smallest absolute Gasteiger partial charge is 0.303 e. The van der Waals surface area contributed by atoms with Gasteiger partial charge in [0.2, 0.25) is 5.91 Å². The highest BCUT2D eigenvalue weighted by molar-refractivity contribution is 5.78. The zero-order valence-electron chi connectivity index (χ0n) is 55.2. The predicted molar refractivity (Wildman–Crippen MR) is 324 cm³/mol. The Bertz CT molecular complexity index is 2130. The van der Waals surface area contributed by atoms with E-state index in [1.807, 2.05) is 6.92 Å². The minimum Gasteiger partial charge on any atom is -0.456 e. The molecule has 0 aromatic rings. The summed E-state index contributed by atoms with van der Waals surface area (Å²) in [5, 5.41) is 61.2. The number of aliphatic hydroxyl groups is 5. The Morgan fingerprint density at radius 2 is 0.912 bits per heavy atom. The molecular weight excluding hydrogens is 1200 g/mol. The van der Waals surface area contributed by atoms with Crippen LogP contribution in [0.1, 0.15) is 202 Å². The van der Waals surface area contributed by atoms with Crippen molar-refractivity contribution in [1.29, 1.82) is 0 Å². The number of hydrogen-bond donors (Lipinski definition) is 6. The monoisotopic (exact) mass is 1310 g/mol. The minimum absolute atomic E-state index is 0.165. The molecule has 0 aliphatic carbocycles. The zero-order valence-corrected chi connectivity index (χ0v) is 55.2. The molecule has 91 heavy (non-hydrogen) atoms. The lowest BCUT2D eigenvalue weighted by molar-refractivity contribution is -0.379. The summed E-state index contributed by atoms with van der Waals surface area (Å²) < 4.78 is 75.4. The summed E-state index contributed by atoms with van der Waals surface area (Å²) in [6.07, 6.45) is -5.09. The molecular formula is C64H110N2O25. The second kappa shape index (κ2) is 43.8. The van der Waals surface area contributed by atoms with Crippen molar-refractivity contribution in [3.05, 3.63) is 0 Å². The molecule has 0 radical (unpaired) electrons. The molecule has 0 aromatic carbocycles. The molecule has 1 amide bonds. The van der Waals surface area contributed by atoms with Crippen LogP contribution in [0.4, 0.5) is 0 Å². The van der Waals surface area contributed by atoms with Crippen molar-refractivity contribution in [3.8, 4) is 0 Å². The number of nitrogens with one attached hydrogen (secondary N) is 1. The first-order chi connectivity index (χ1) is 43.5. The molecule has 4 rings (SSSR count). The van der Waals surface area contributed by atoms with Gasteiger partial charge in [0.1, 0.15) is 48.5 Å². The molecule has 6 N–H and O–H groups in total. The lowest BCUT2D eigenvalue weighted by Gasteiger charge is -2.47. The van der Waals surface area contributed by atoms with E-state index >= 15 is 0 Å². The fraction of sp³-hybridized carbons (Fsp3) is 0.891. The van der Waals surface area contributed by atoms with Gasteiger partial charge >= 0.3 is 29.8 Å². The summed E-state index contributed by atoms with van der Waals surface area (Å²) >= 11 is 0. The van der Waals surface area contributed by atoms with Gasteiger partial charge in [-0.25, -0.2) is 0 Å². The van der Waals surface area contributed by atoms with Gasteiger partial charge in [-0.1, -0.05) is 103 Å². The highest BCUT2D eigenvalue weighted by atomic mass is 16.8. The summed E-state index contributed by atoms with van der Waals surface area (Å²) in [5.41, 5.74) is 0. The lowest BCUT2D eigenvalue weighted by atomic mass is 9.99. The number of Topliss-reactive ketones (excluding diaryl/α,β-unsaturated/α-hetero) is 1.